The van der Waals surface area contributed by atoms with Crippen LogP contribution >= 0.6 is 0 Å². The van der Waals surface area contributed by atoms with Crippen molar-refractivity contribution in [3.63, 3.8) is 0 Å². The number of rotatable bonds is 8. The molecule has 0 aliphatic heterocycles. The van der Waals surface area contributed by atoms with Crippen LogP contribution in [0, 0.1) is 5.92 Å². The molecule has 1 fully saturated rings. The van der Waals surface area contributed by atoms with E-state index in [4.69, 9.17) is 0 Å². The Kier molecular flexibility index (Phi) is 5.25. The van der Waals surface area contributed by atoms with E-state index < -0.39 is 0 Å². The summed E-state index contributed by atoms with van der Waals surface area (Å²) < 4.78 is 0. The van der Waals surface area contributed by atoms with E-state index in [1.165, 1.54) is 49.8 Å². The number of hydrogen-bond acceptors (Lipinski definition) is 1. The highest BCUT2D eigenvalue weighted by atomic mass is 14.9. The molecule has 0 heterocycles. The minimum atomic E-state index is 0.808. The molecule has 1 heteroatoms. The molecule has 0 radical (unpaired) electrons. The Hall–Kier alpha value is -0.820. The van der Waals surface area contributed by atoms with Gasteiger partial charge in [-0.25, -0.2) is 0 Å². The molecule has 1 aliphatic carbocycles. The van der Waals surface area contributed by atoms with E-state index in [-0.39, 0.29) is 0 Å². The van der Waals surface area contributed by atoms with Gasteiger partial charge in [0.1, 0.15) is 0 Å². The van der Waals surface area contributed by atoms with Gasteiger partial charge in [-0.05, 0) is 55.7 Å². The summed E-state index contributed by atoms with van der Waals surface area (Å²) in [5.74, 6) is 0.808. The summed E-state index contributed by atoms with van der Waals surface area (Å²) >= 11 is 0. The van der Waals surface area contributed by atoms with Crippen LogP contribution < -0.4 is 5.32 Å². The van der Waals surface area contributed by atoms with E-state index >= 15 is 0 Å². The zero-order valence-corrected chi connectivity index (χ0v) is 11.9. The average Bonchev–Trinajstić information content (AvgIpc) is 3.21. The van der Waals surface area contributed by atoms with Gasteiger partial charge in [-0.1, -0.05) is 44.5 Å². The third-order valence-corrected chi connectivity index (χ3v) is 3.93. The van der Waals surface area contributed by atoms with Gasteiger partial charge in [0, 0.05) is 6.04 Å². The van der Waals surface area contributed by atoms with Crippen LogP contribution in [0.3, 0.4) is 0 Å². The van der Waals surface area contributed by atoms with E-state index in [1.54, 1.807) is 0 Å². The second-order valence-electron chi connectivity index (χ2n) is 5.71. The first-order chi connectivity index (χ1) is 8.81. The van der Waals surface area contributed by atoms with E-state index in [0.29, 0.717) is 0 Å². The minimum absolute atomic E-state index is 0.808. The summed E-state index contributed by atoms with van der Waals surface area (Å²) in [6, 6.07) is 10.0. The Morgan fingerprint density at radius 2 is 1.78 bits per heavy atom. The maximum absolute atomic E-state index is 3.68. The molecule has 1 unspecified atom stereocenters. The lowest BCUT2D eigenvalue weighted by Gasteiger charge is -2.17. The molecule has 18 heavy (non-hydrogen) atoms. The van der Waals surface area contributed by atoms with Crippen molar-refractivity contribution in [1.29, 1.82) is 0 Å². The third kappa shape index (κ3) is 4.45. The van der Waals surface area contributed by atoms with Crippen LogP contribution in [0.1, 0.15) is 50.7 Å². The molecule has 0 spiro atoms. The van der Waals surface area contributed by atoms with Crippen molar-refractivity contribution < 1.29 is 0 Å². The predicted molar refractivity (Wildman–Crippen MR) is 78.9 cm³/mol. The first-order valence-corrected chi connectivity index (χ1v) is 7.63. The lowest BCUT2D eigenvalue weighted by atomic mass is 9.94. The smallest absolute Gasteiger partial charge is 0.00683 e. The molecule has 1 saturated carbocycles. The summed E-state index contributed by atoms with van der Waals surface area (Å²) in [5, 5.41) is 3.68. The van der Waals surface area contributed by atoms with Gasteiger partial charge in [0.2, 0.25) is 0 Å². The maximum Gasteiger partial charge on any atom is 0.00683 e. The molecule has 1 N–H and O–H groups in total. The Bertz CT molecular complexity index is 337. The van der Waals surface area contributed by atoms with Gasteiger partial charge in [0.05, 0.1) is 0 Å². The molecule has 2 rings (SSSR count). The van der Waals surface area contributed by atoms with Crippen LogP contribution in [0.25, 0.3) is 0 Å². The number of benzene rings is 1. The van der Waals surface area contributed by atoms with Crippen LogP contribution in [0.4, 0.5) is 0 Å². The Labute approximate surface area is 112 Å². The van der Waals surface area contributed by atoms with E-state index in [9.17, 15) is 0 Å². The third-order valence-electron chi connectivity index (χ3n) is 3.93. The first kappa shape index (κ1) is 13.6. The van der Waals surface area contributed by atoms with Crippen molar-refractivity contribution in [2.75, 3.05) is 6.54 Å². The first-order valence-electron chi connectivity index (χ1n) is 7.63. The fourth-order valence-corrected chi connectivity index (χ4v) is 2.55. The topological polar surface area (TPSA) is 12.0 Å². The normalized spacial score (nSPS) is 16.8. The van der Waals surface area contributed by atoms with Gasteiger partial charge in [-0.15, -0.1) is 0 Å². The molecular formula is C17H27N. The number of aryl methyl sites for hydroxylation is 1. The predicted octanol–water partition coefficient (Wildman–Crippen LogP) is 3.96. The quantitative estimate of drug-likeness (QED) is 0.731. The van der Waals surface area contributed by atoms with E-state index in [2.05, 4.69) is 43.4 Å². The minimum Gasteiger partial charge on any atom is -0.314 e. The highest BCUT2D eigenvalue weighted by molar-refractivity contribution is 5.22. The number of nitrogens with one attached hydrogen (secondary N) is 1. The van der Waals surface area contributed by atoms with Crippen LogP contribution in [0.15, 0.2) is 24.3 Å². The highest BCUT2D eigenvalue weighted by Crippen LogP contribution is 2.21. The van der Waals surface area contributed by atoms with Crippen molar-refractivity contribution in [2.45, 2.75) is 58.4 Å². The largest absolute Gasteiger partial charge is 0.314 e. The fraction of sp³-hybridized carbons (Fsp3) is 0.647. The molecule has 1 atom stereocenters. The van der Waals surface area contributed by atoms with Gasteiger partial charge in [0.25, 0.3) is 0 Å². The lowest BCUT2D eigenvalue weighted by Crippen LogP contribution is -2.26. The summed E-state index contributed by atoms with van der Waals surface area (Å²) in [7, 11) is 0. The fourth-order valence-electron chi connectivity index (χ4n) is 2.55. The lowest BCUT2D eigenvalue weighted by molar-refractivity contribution is 0.437. The molecule has 1 nitrogen and oxygen atoms in total. The van der Waals surface area contributed by atoms with Crippen molar-refractivity contribution in [2.24, 2.45) is 5.92 Å². The van der Waals surface area contributed by atoms with Gasteiger partial charge in [0.15, 0.2) is 0 Å². The van der Waals surface area contributed by atoms with Crippen LogP contribution in [-0.2, 0) is 12.8 Å². The van der Waals surface area contributed by atoms with Gasteiger partial charge < -0.3 is 5.32 Å². The molecule has 1 aromatic carbocycles. The average molecular weight is 245 g/mol. The van der Waals surface area contributed by atoms with Gasteiger partial charge in [-0.2, -0.15) is 0 Å². The van der Waals surface area contributed by atoms with Gasteiger partial charge in [-0.3, -0.25) is 0 Å². The molecule has 1 aromatic rings. The SMILES string of the molecule is CCCC(CNC1CC1)Cc1ccc(CC)cc1. The highest BCUT2D eigenvalue weighted by Gasteiger charge is 2.21. The monoisotopic (exact) mass is 245 g/mol. The summed E-state index contributed by atoms with van der Waals surface area (Å²) in [5.41, 5.74) is 2.95. The summed E-state index contributed by atoms with van der Waals surface area (Å²) in [6.45, 7) is 5.72. The summed E-state index contributed by atoms with van der Waals surface area (Å²) in [4.78, 5) is 0. The molecular weight excluding hydrogens is 218 g/mol. The molecule has 0 aromatic heterocycles. The zero-order chi connectivity index (χ0) is 12.8. The molecule has 100 valence electrons. The zero-order valence-electron chi connectivity index (χ0n) is 11.9. The second-order valence-corrected chi connectivity index (χ2v) is 5.71. The molecule has 1 aliphatic rings. The second kappa shape index (κ2) is 6.94. The van der Waals surface area contributed by atoms with E-state index in [0.717, 1.165) is 18.4 Å². The van der Waals surface area contributed by atoms with Crippen molar-refractivity contribution >= 4 is 0 Å². The Morgan fingerprint density at radius 3 is 2.33 bits per heavy atom. The van der Waals surface area contributed by atoms with E-state index in [1.807, 2.05) is 0 Å². The number of hydrogen-bond donors (Lipinski definition) is 1. The Morgan fingerprint density at radius 1 is 1.11 bits per heavy atom. The molecule has 0 amide bonds. The molecule has 0 saturated heterocycles. The standard InChI is InChI=1S/C17H27N/c1-3-5-16(13-18-17-10-11-17)12-15-8-6-14(4-2)7-9-15/h6-9,16-18H,3-5,10-13H2,1-2H3. The maximum atomic E-state index is 3.68. The van der Waals surface area contributed by atoms with Crippen molar-refractivity contribution in [3.05, 3.63) is 35.4 Å². The van der Waals surface area contributed by atoms with Crippen LogP contribution in [-0.4, -0.2) is 12.6 Å². The van der Waals surface area contributed by atoms with Gasteiger partial charge >= 0.3 is 0 Å². The van der Waals surface area contributed by atoms with Crippen molar-refractivity contribution in [1.82, 2.24) is 5.32 Å². The Balaban J connectivity index is 1.84. The summed E-state index contributed by atoms with van der Waals surface area (Å²) in [6.07, 6.45) is 7.80. The van der Waals surface area contributed by atoms with Crippen LogP contribution in [0.5, 0.6) is 0 Å². The van der Waals surface area contributed by atoms with Crippen LogP contribution in [0.2, 0.25) is 0 Å². The van der Waals surface area contributed by atoms with Crippen molar-refractivity contribution in [3.8, 4) is 0 Å². The molecule has 0 bridgehead atoms.